The fraction of sp³-hybridized carbons (Fsp3) is 0.444. The van der Waals surface area contributed by atoms with E-state index in [1.807, 2.05) is 25.9 Å². The van der Waals surface area contributed by atoms with E-state index in [2.05, 4.69) is 10.2 Å². The summed E-state index contributed by atoms with van der Waals surface area (Å²) in [4.78, 5) is 1.93. The molecule has 0 aliphatic rings. The monoisotopic (exact) mass is 194 g/mol. The normalized spacial score (nSPS) is 11.6. The Kier molecular flexibility index (Phi) is 3.01. The predicted octanol–water partition coefficient (Wildman–Crippen LogP) is 0.341. The molecule has 76 valence electrons. The number of rotatable bonds is 2. The predicted molar refractivity (Wildman–Crippen MR) is 53.1 cm³/mol. The topological polar surface area (TPSA) is 56.0 Å². The molecule has 0 radical (unpaired) electrons. The molecule has 0 aliphatic heterocycles. The third kappa shape index (κ3) is 2.18. The Hall–Kier alpha value is -1.65. The van der Waals surface area contributed by atoms with E-state index in [0.717, 1.165) is 16.8 Å². The standard InChI is InChI=1S/C9H14N4O/c1-7(12(3)4)5-9-8(2)11-10-6-13(9)14/h5-6H,1-4H3/b7-5-. The Morgan fingerprint density at radius 2 is 2.21 bits per heavy atom. The lowest BCUT2D eigenvalue weighted by Gasteiger charge is -2.13. The van der Waals surface area contributed by atoms with E-state index >= 15 is 0 Å². The lowest BCUT2D eigenvalue weighted by molar-refractivity contribution is -0.612. The van der Waals surface area contributed by atoms with Crippen molar-refractivity contribution in [2.45, 2.75) is 13.8 Å². The number of hydrogen-bond acceptors (Lipinski definition) is 4. The van der Waals surface area contributed by atoms with Gasteiger partial charge in [0.05, 0.1) is 5.10 Å². The second kappa shape index (κ2) is 4.04. The van der Waals surface area contributed by atoms with Crippen molar-refractivity contribution in [3.05, 3.63) is 28.6 Å². The summed E-state index contributed by atoms with van der Waals surface area (Å²) in [7, 11) is 3.84. The quantitative estimate of drug-likeness (QED) is 0.503. The third-order valence-electron chi connectivity index (χ3n) is 2.02. The largest absolute Gasteiger partial charge is 0.710 e. The minimum atomic E-state index is 0.534. The molecule has 0 saturated carbocycles. The first-order valence-corrected chi connectivity index (χ1v) is 4.29. The third-order valence-corrected chi connectivity index (χ3v) is 2.02. The van der Waals surface area contributed by atoms with E-state index < -0.39 is 0 Å². The highest BCUT2D eigenvalue weighted by molar-refractivity contribution is 5.46. The molecular weight excluding hydrogens is 180 g/mol. The van der Waals surface area contributed by atoms with Crippen LogP contribution in [0, 0.1) is 12.1 Å². The summed E-state index contributed by atoms with van der Waals surface area (Å²) in [6.07, 6.45) is 2.94. The number of aromatic nitrogens is 3. The van der Waals surface area contributed by atoms with Gasteiger partial charge in [0.15, 0.2) is 5.69 Å². The molecule has 5 heteroatoms. The lowest BCUT2D eigenvalue weighted by atomic mass is 10.3. The van der Waals surface area contributed by atoms with E-state index in [9.17, 15) is 5.21 Å². The molecule has 0 amide bonds. The van der Waals surface area contributed by atoms with Crippen molar-refractivity contribution < 1.29 is 4.73 Å². The van der Waals surface area contributed by atoms with Gasteiger partial charge in [-0.3, -0.25) is 0 Å². The maximum atomic E-state index is 11.3. The maximum Gasteiger partial charge on any atom is 0.318 e. The summed E-state index contributed by atoms with van der Waals surface area (Å²) in [5.41, 5.74) is 2.15. The van der Waals surface area contributed by atoms with Crippen LogP contribution in [0.3, 0.4) is 0 Å². The molecule has 0 atom stereocenters. The number of nitrogens with zero attached hydrogens (tertiary/aromatic N) is 4. The number of allylic oxidation sites excluding steroid dienone is 1. The van der Waals surface area contributed by atoms with E-state index in [-0.39, 0.29) is 0 Å². The summed E-state index contributed by atoms with van der Waals surface area (Å²) in [6, 6.07) is 0. The van der Waals surface area contributed by atoms with E-state index in [0.29, 0.717) is 11.4 Å². The van der Waals surface area contributed by atoms with Gasteiger partial charge in [-0.15, -0.1) is 0 Å². The fourth-order valence-corrected chi connectivity index (χ4v) is 0.927. The first-order valence-electron chi connectivity index (χ1n) is 4.29. The van der Waals surface area contributed by atoms with E-state index in [4.69, 9.17) is 0 Å². The summed E-state index contributed by atoms with van der Waals surface area (Å²) in [5, 5.41) is 18.7. The van der Waals surface area contributed by atoms with Crippen LogP contribution in [0.5, 0.6) is 0 Å². The Morgan fingerprint density at radius 1 is 1.57 bits per heavy atom. The van der Waals surface area contributed by atoms with Crippen LogP contribution < -0.4 is 4.73 Å². The molecule has 0 spiro atoms. The second-order valence-corrected chi connectivity index (χ2v) is 3.31. The maximum absolute atomic E-state index is 11.3. The first kappa shape index (κ1) is 10.4. The molecule has 5 nitrogen and oxygen atoms in total. The van der Waals surface area contributed by atoms with Gasteiger partial charge >= 0.3 is 6.33 Å². The molecule has 0 bridgehead atoms. The molecule has 1 rings (SSSR count). The molecule has 0 N–H and O–H groups in total. The zero-order chi connectivity index (χ0) is 10.7. The molecule has 0 saturated heterocycles. The van der Waals surface area contributed by atoms with Gasteiger partial charge in [-0.1, -0.05) is 0 Å². The molecule has 1 heterocycles. The van der Waals surface area contributed by atoms with Gasteiger partial charge < -0.3 is 10.1 Å². The smallest absolute Gasteiger partial charge is 0.318 e. The zero-order valence-corrected chi connectivity index (χ0v) is 8.85. The van der Waals surface area contributed by atoms with Crippen LogP contribution in [0.25, 0.3) is 6.08 Å². The second-order valence-electron chi connectivity index (χ2n) is 3.31. The summed E-state index contributed by atoms with van der Waals surface area (Å²) in [5.74, 6) is 0. The summed E-state index contributed by atoms with van der Waals surface area (Å²) >= 11 is 0. The van der Waals surface area contributed by atoms with Crippen molar-refractivity contribution in [1.29, 1.82) is 0 Å². The average Bonchev–Trinajstić information content (AvgIpc) is 2.11. The van der Waals surface area contributed by atoms with Gasteiger partial charge in [0.25, 0.3) is 0 Å². The van der Waals surface area contributed by atoms with Gasteiger partial charge in [-0.25, -0.2) is 4.73 Å². The van der Waals surface area contributed by atoms with Crippen molar-refractivity contribution >= 4 is 6.08 Å². The van der Waals surface area contributed by atoms with E-state index in [1.165, 1.54) is 0 Å². The molecule has 0 unspecified atom stereocenters. The first-order chi connectivity index (χ1) is 6.52. The van der Waals surface area contributed by atoms with Crippen LogP contribution in [0.2, 0.25) is 0 Å². The molecule has 1 aromatic heterocycles. The van der Waals surface area contributed by atoms with Crippen LogP contribution >= 0.6 is 0 Å². The van der Waals surface area contributed by atoms with Gasteiger partial charge in [-0.05, 0) is 18.9 Å². The minimum absolute atomic E-state index is 0.534. The fourth-order valence-electron chi connectivity index (χ4n) is 0.927. The van der Waals surface area contributed by atoms with Crippen LogP contribution in [0.4, 0.5) is 0 Å². The van der Waals surface area contributed by atoms with Crippen molar-refractivity contribution in [1.82, 2.24) is 15.1 Å². The minimum Gasteiger partial charge on any atom is -0.710 e. The SMILES string of the molecule is C/C(=C/c1c(C)nnc[n+]1[O-])N(C)C. The van der Waals surface area contributed by atoms with Crippen LogP contribution in [0.1, 0.15) is 18.3 Å². The summed E-state index contributed by atoms with van der Waals surface area (Å²) in [6.45, 7) is 3.69. The lowest BCUT2D eigenvalue weighted by Crippen LogP contribution is -2.32. The highest BCUT2D eigenvalue weighted by Crippen LogP contribution is 2.05. The Balaban J connectivity index is 3.14. The summed E-state index contributed by atoms with van der Waals surface area (Å²) < 4.78 is 0.718. The molecule has 0 aliphatic carbocycles. The van der Waals surface area contributed by atoms with Gasteiger partial charge in [0.1, 0.15) is 5.69 Å². The Morgan fingerprint density at radius 3 is 2.71 bits per heavy atom. The molecule has 0 aromatic carbocycles. The van der Waals surface area contributed by atoms with Crippen molar-refractivity contribution in [2.75, 3.05) is 14.1 Å². The number of hydrogen-bond donors (Lipinski definition) is 0. The van der Waals surface area contributed by atoms with Crippen LogP contribution in [-0.2, 0) is 0 Å². The average molecular weight is 194 g/mol. The highest BCUT2D eigenvalue weighted by Gasteiger charge is 2.06. The van der Waals surface area contributed by atoms with Crippen molar-refractivity contribution in [3.8, 4) is 0 Å². The number of aryl methyl sites for hydroxylation is 1. The zero-order valence-electron chi connectivity index (χ0n) is 8.85. The molecule has 1 aromatic rings. The molecular formula is C9H14N4O. The van der Waals surface area contributed by atoms with Crippen LogP contribution in [0.15, 0.2) is 12.0 Å². The van der Waals surface area contributed by atoms with Gasteiger partial charge in [0.2, 0.25) is 0 Å². The van der Waals surface area contributed by atoms with Crippen molar-refractivity contribution in [2.24, 2.45) is 0 Å². The van der Waals surface area contributed by atoms with Crippen LogP contribution in [-0.4, -0.2) is 29.2 Å². The Labute approximate surface area is 83.3 Å². The molecule has 0 fully saturated rings. The van der Waals surface area contributed by atoms with Gasteiger partial charge in [0, 0.05) is 25.9 Å². The molecule has 14 heavy (non-hydrogen) atoms. The van der Waals surface area contributed by atoms with E-state index in [1.54, 1.807) is 13.0 Å². The Bertz CT molecular complexity index is 340. The van der Waals surface area contributed by atoms with Crippen molar-refractivity contribution in [3.63, 3.8) is 0 Å². The van der Waals surface area contributed by atoms with Gasteiger partial charge in [-0.2, -0.15) is 0 Å². The highest BCUT2D eigenvalue weighted by atomic mass is 16.5.